The van der Waals surface area contributed by atoms with Gasteiger partial charge in [0.2, 0.25) is 11.8 Å². The van der Waals surface area contributed by atoms with E-state index in [2.05, 4.69) is 5.32 Å². The molecule has 38 heavy (non-hydrogen) atoms. The van der Waals surface area contributed by atoms with E-state index in [1.165, 1.54) is 0 Å². The number of nitrogens with one attached hydrogen (secondary N) is 1. The lowest BCUT2D eigenvalue weighted by atomic mass is 9.94. The average molecular weight is 521 g/mol. The summed E-state index contributed by atoms with van der Waals surface area (Å²) >= 11 is 0. The van der Waals surface area contributed by atoms with E-state index in [0.29, 0.717) is 32.2 Å². The Morgan fingerprint density at radius 1 is 1.00 bits per heavy atom. The largest absolute Gasteiger partial charge is 0.463 e. The highest BCUT2D eigenvalue weighted by atomic mass is 16.5. The van der Waals surface area contributed by atoms with Crippen LogP contribution in [0.1, 0.15) is 50.7 Å². The van der Waals surface area contributed by atoms with Crippen LogP contribution in [-0.4, -0.2) is 53.1 Å². The topological polar surface area (TPSA) is 95.9 Å². The van der Waals surface area contributed by atoms with Crippen LogP contribution < -0.4 is 5.32 Å². The molecule has 0 aliphatic carbocycles. The van der Waals surface area contributed by atoms with Crippen LogP contribution in [0.3, 0.4) is 0 Å². The van der Waals surface area contributed by atoms with E-state index in [1.54, 1.807) is 4.90 Å². The molecule has 3 rings (SSSR count). The van der Waals surface area contributed by atoms with Gasteiger partial charge in [-0.1, -0.05) is 72.8 Å². The van der Waals surface area contributed by atoms with E-state index < -0.39 is 11.5 Å². The van der Waals surface area contributed by atoms with E-state index in [9.17, 15) is 19.5 Å². The molecule has 1 heterocycles. The Morgan fingerprint density at radius 2 is 1.66 bits per heavy atom. The predicted octanol–water partition coefficient (Wildman–Crippen LogP) is 4.05. The number of cyclic esters (lactones) is 1. The van der Waals surface area contributed by atoms with Gasteiger partial charge < -0.3 is 20.1 Å². The number of rotatable bonds is 8. The van der Waals surface area contributed by atoms with Gasteiger partial charge in [-0.15, -0.1) is 0 Å². The molecule has 0 spiro atoms. The van der Waals surface area contributed by atoms with Gasteiger partial charge in [-0.3, -0.25) is 14.4 Å². The van der Waals surface area contributed by atoms with Crippen LogP contribution in [0.15, 0.2) is 72.8 Å². The fourth-order valence-electron chi connectivity index (χ4n) is 4.56. The number of aliphatic hydroxyl groups is 1. The molecule has 1 aliphatic heterocycles. The Balaban J connectivity index is 1.71. The van der Waals surface area contributed by atoms with Crippen molar-refractivity contribution in [2.75, 3.05) is 19.8 Å². The van der Waals surface area contributed by atoms with Crippen LogP contribution in [0.25, 0.3) is 0 Å². The van der Waals surface area contributed by atoms with Crippen LogP contribution in [-0.2, 0) is 32.1 Å². The number of hydrogen-bond acceptors (Lipinski definition) is 5. The number of aliphatic hydroxyl groups excluding tert-OH is 1. The quantitative estimate of drug-likeness (QED) is 0.404. The van der Waals surface area contributed by atoms with Gasteiger partial charge in [0.05, 0.1) is 24.0 Å². The van der Waals surface area contributed by atoms with Crippen molar-refractivity contribution < 1.29 is 24.2 Å². The number of ether oxygens (including phenoxy) is 1. The SMILES string of the molecule is CC1(C)COC(=O)[C@@H](Cc2ccccc2)CCC=CC[C@H](CC(=O)N(CCO)Cc2ccccc2)C(=O)N1. The molecule has 0 aromatic heterocycles. The van der Waals surface area contributed by atoms with Crippen LogP contribution >= 0.6 is 0 Å². The summed E-state index contributed by atoms with van der Waals surface area (Å²) in [4.78, 5) is 41.1. The fraction of sp³-hybridized carbons (Fsp3) is 0.452. The smallest absolute Gasteiger partial charge is 0.309 e. The summed E-state index contributed by atoms with van der Waals surface area (Å²) in [6.45, 7) is 4.08. The van der Waals surface area contributed by atoms with Crippen LogP contribution in [0.2, 0.25) is 0 Å². The summed E-state index contributed by atoms with van der Waals surface area (Å²) < 4.78 is 5.68. The van der Waals surface area contributed by atoms with Crippen molar-refractivity contribution in [1.82, 2.24) is 10.2 Å². The number of hydrogen-bond donors (Lipinski definition) is 2. The van der Waals surface area contributed by atoms with Crippen LogP contribution in [0, 0.1) is 11.8 Å². The first kappa shape index (κ1) is 29.1. The molecule has 204 valence electrons. The lowest BCUT2D eigenvalue weighted by Gasteiger charge is -2.29. The monoisotopic (exact) mass is 520 g/mol. The minimum absolute atomic E-state index is 0.0233. The first-order valence-electron chi connectivity index (χ1n) is 13.4. The van der Waals surface area contributed by atoms with Crippen molar-refractivity contribution in [1.29, 1.82) is 0 Å². The average Bonchev–Trinajstić information content (AvgIpc) is 2.91. The molecule has 0 bridgehead atoms. The van der Waals surface area contributed by atoms with Gasteiger partial charge in [0, 0.05) is 19.5 Å². The zero-order chi connectivity index (χ0) is 27.4. The molecular weight excluding hydrogens is 480 g/mol. The third-order valence-corrected chi connectivity index (χ3v) is 6.69. The molecular formula is C31H40N2O5. The van der Waals surface area contributed by atoms with E-state index in [-0.39, 0.29) is 49.9 Å². The molecule has 0 unspecified atom stereocenters. The zero-order valence-electron chi connectivity index (χ0n) is 22.5. The van der Waals surface area contributed by atoms with E-state index in [4.69, 9.17) is 4.74 Å². The summed E-state index contributed by atoms with van der Waals surface area (Å²) in [5.41, 5.74) is 1.25. The van der Waals surface area contributed by atoms with Gasteiger partial charge in [-0.2, -0.15) is 0 Å². The van der Waals surface area contributed by atoms with Gasteiger partial charge in [0.1, 0.15) is 6.61 Å². The van der Waals surface area contributed by atoms with Gasteiger partial charge in [-0.05, 0) is 50.7 Å². The zero-order valence-corrected chi connectivity index (χ0v) is 22.5. The number of carbonyl (C=O) groups excluding carboxylic acids is 3. The van der Waals surface area contributed by atoms with Crippen molar-refractivity contribution >= 4 is 17.8 Å². The minimum Gasteiger partial charge on any atom is -0.463 e. The molecule has 2 aromatic carbocycles. The Labute approximate surface area is 225 Å². The summed E-state index contributed by atoms with van der Waals surface area (Å²) in [6.07, 6.45) is 6.24. The number of amides is 2. The molecule has 0 radical (unpaired) electrons. The summed E-state index contributed by atoms with van der Waals surface area (Å²) in [5, 5.41) is 12.5. The maximum Gasteiger partial charge on any atom is 0.309 e. The normalized spacial score (nSPS) is 20.3. The van der Waals surface area contributed by atoms with E-state index in [1.807, 2.05) is 86.7 Å². The fourth-order valence-corrected chi connectivity index (χ4v) is 4.56. The predicted molar refractivity (Wildman–Crippen MR) is 147 cm³/mol. The van der Waals surface area contributed by atoms with Crippen LogP contribution in [0.5, 0.6) is 0 Å². The molecule has 1 aliphatic rings. The number of benzene rings is 2. The minimum atomic E-state index is -0.794. The maximum absolute atomic E-state index is 13.3. The molecule has 7 heteroatoms. The summed E-state index contributed by atoms with van der Waals surface area (Å²) in [6, 6.07) is 19.5. The Bertz CT molecular complexity index is 1070. The molecule has 7 nitrogen and oxygen atoms in total. The van der Waals surface area contributed by atoms with Crippen LogP contribution in [0.4, 0.5) is 0 Å². The van der Waals surface area contributed by atoms with Gasteiger partial charge in [-0.25, -0.2) is 0 Å². The lowest BCUT2D eigenvalue weighted by molar-refractivity contribution is -0.151. The third kappa shape index (κ3) is 9.45. The Morgan fingerprint density at radius 3 is 2.32 bits per heavy atom. The molecule has 0 fully saturated rings. The van der Waals surface area contributed by atoms with Gasteiger partial charge in [0.15, 0.2) is 0 Å². The summed E-state index contributed by atoms with van der Waals surface area (Å²) in [7, 11) is 0. The van der Waals surface area contributed by atoms with E-state index >= 15 is 0 Å². The number of esters is 1. The highest BCUT2D eigenvalue weighted by Gasteiger charge is 2.31. The molecule has 2 N–H and O–H groups in total. The van der Waals surface area contributed by atoms with Crippen molar-refractivity contribution in [3.63, 3.8) is 0 Å². The molecule has 2 amide bonds. The second kappa shape index (κ2) is 14.5. The third-order valence-electron chi connectivity index (χ3n) is 6.69. The maximum atomic E-state index is 13.3. The first-order valence-corrected chi connectivity index (χ1v) is 13.4. The second-order valence-electron chi connectivity index (χ2n) is 10.6. The number of carbonyl (C=O) groups is 3. The van der Waals surface area contributed by atoms with Crippen molar-refractivity contribution in [2.24, 2.45) is 11.8 Å². The Kier molecular flexibility index (Phi) is 11.1. The van der Waals surface area contributed by atoms with Crippen molar-refractivity contribution in [2.45, 2.75) is 58.0 Å². The highest BCUT2D eigenvalue weighted by Crippen LogP contribution is 2.21. The molecule has 0 saturated heterocycles. The van der Waals surface area contributed by atoms with E-state index in [0.717, 1.165) is 11.1 Å². The van der Waals surface area contributed by atoms with Crippen molar-refractivity contribution in [3.8, 4) is 0 Å². The standard InChI is InChI=1S/C31H40N2O5/c1-31(2)23-38-30(37)27(20-24-12-6-3-7-13-24)17-11-5-10-16-26(29(36)32-31)21-28(35)33(18-19-34)22-25-14-8-4-9-15-25/h3-10,12-15,26-27,34H,11,16-23H2,1-2H3,(H,32,36)/t26-,27-/m1/s1. The molecule has 0 saturated carbocycles. The Hall–Kier alpha value is -3.45. The first-order chi connectivity index (χ1) is 18.3. The van der Waals surface area contributed by atoms with Gasteiger partial charge >= 0.3 is 5.97 Å². The second-order valence-corrected chi connectivity index (χ2v) is 10.6. The molecule has 2 atom stereocenters. The molecule has 2 aromatic rings. The summed E-state index contributed by atoms with van der Waals surface area (Å²) in [5.74, 6) is -1.57. The van der Waals surface area contributed by atoms with Crippen molar-refractivity contribution in [3.05, 3.63) is 83.9 Å². The lowest BCUT2D eigenvalue weighted by Crippen LogP contribution is -2.50. The number of nitrogens with zero attached hydrogens (tertiary/aromatic N) is 1. The van der Waals surface area contributed by atoms with Gasteiger partial charge in [0.25, 0.3) is 0 Å². The highest BCUT2D eigenvalue weighted by molar-refractivity contribution is 5.86. The number of allylic oxidation sites excluding steroid dienone is 2.